The van der Waals surface area contributed by atoms with Gasteiger partial charge in [-0.1, -0.05) is 11.6 Å². The molecule has 3 aromatic rings. The summed E-state index contributed by atoms with van der Waals surface area (Å²) in [5.74, 6) is 0.716. The second kappa shape index (κ2) is 6.67. The number of ketones is 1. The minimum atomic E-state index is -0.0439. The Kier molecular flexibility index (Phi) is 4.60. The average Bonchev–Trinajstić information content (AvgIpc) is 2.97. The highest BCUT2D eigenvalue weighted by Gasteiger charge is 2.18. The lowest BCUT2D eigenvalue weighted by Crippen LogP contribution is -2.10. The first kappa shape index (κ1) is 16.6. The summed E-state index contributed by atoms with van der Waals surface area (Å²) in [7, 11) is 5.66. The van der Waals surface area contributed by atoms with Crippen LogP contribution < -0.4 is 4.74 Å². The molecule has 0 atom stereocenters. The molecule has 0 fully saturated rings. The summed E-state index contributed by atoms with van der Waals surface area (Å²) in [6.07, 6.45) is 1.94. The molecule has 5 heteroatoms. The molecule has 3 rings (SSSR count). The van der Waals surface area contributed by atoms with E-state index < -0.39 is 0 Å². The Morgan fingerprint density at radius 1 is 1.17 bits per heavy atom. The maximum atomic E-state index is 12.9. The zero-order valence-electron chi connectivity index (χ0n) is 13.9. The predicted molar refractivity (Wildman–Crippen MR) is 97.1 cm³/mol. The fourth-order valence-corrected chi connectivity index (χ4v) is 2.99. The van der Waals surface area contributed by atoms with Crippen molar-refractivity contribution in [3.05, 3.63) is 64.3 Å². The van der Waals surface area contributed by atoms with Crippen LogP contribution in [-0.2, 0) is 6.54 Å². The summed E-state index contributed by atoms with van der Waals surface area (Å²) >= 11 is 5.91. The molecule has 0 saturated carbocycles. The SMILES string of the molecule is COc1ccc(C(=O)c2ccc(Cl)cc2)c2[nH]cc(CN(C)C)c12. The quantitative estimate of drug-likeness (QED) is 0.709. The molecule has 0 aliphatic rings. The maximum Gasteiger partial charge on any atom is 0.195 e. The number of benzene rings is 2. The maximum absolute atomic E-state index is 12.9. The highest BCUT2D eigenvalue weighted by molar-refractivity contribution is 6.30. The van der Waals surface area contributed by atoms with Crippen molar-refractivity contribution in [3.8, 4) is 5.75 Å². The van der Waals surface area contributed by atoms with Crippen LogP contribution in [-0.4, -0.2) is 36.9 Å². The van der Waals surface area contributed by atoms with E-state index in [1.165, 1.54) is 0 Å². The van der Waals surface area contributed by atoms with E-state index in [1.807, 2.05) is 26.4 Å². The van der Waals surface area contributed by atoms with Gasteiger partial charge in [0, 0.05) is 34.3 Å². The van der Waals surface area contributed by atoms with Gasteiger partial charge in [0.1, 0.15) is 5.75 Å². The number of ether oxygens (including phenoxy) is 1. The van der Waals surface area contributed by atoms with Crippen LogP contribution in [0.15, 0.2) is 42.6 Å². The normalized spacial score (nSPS) is 11.2. The highest BCUT2D eigenvalue weighted by atomic mass is 35.5. The molecule has 2 aromatic carbocycles. The highest BCUT2D eigenvalue weighted by Crippen LogP contribution is 2.33. The smallest absolute Gasteiger partial charge is 0.195 e. The Labute approximate surface area is 146 Å². The van der Waals surface area contributed by atoms with E-state index in [2.05, 4.69) is 9.88 Å². The van der Waals surface area contributed by atoms with Crippen molar-refractivity contribution in [1.82, 2.24) is 9.88 Å². The monoisotopic (exact) mass is 342 g/mol. The van der Waals surface area contributed by atoms with Crippen molar-refractivity contribution in [2.24, 2.45) is 0 Å². The molecular formula is C19H19ClN2O2. The molecule has 0 spiro atoms. The van der Waals surface area contributed by atoms with Crippen LogP contribution in [0, 0.1) is 0 Å². The Morgan fingerprint density at radius 3 is 2.50 bits per heavy atom. The van der Waals surface area contributed by atoms with Crippen LogP contribution in [0.25, 0.3) is 10.9 Å². The van der Waals surface area contributed by atoms with Gasteiger partial charge in [-0.05, 0) is 56.1 Å². The van der Waals surface area contributed by atoms with Crippen LogP contribution in [0.3, 0.4) is 0 Å². The number of nitrogens with one attached hydrogen (secondary N) is 1. The number of carbonyl (C=O) groups is 1. The van der Waals surface area contributed by atoms with Gasteiger partial charge in [-0.3, -0.25) is 4.79 Å². The third-order valence-electron chi connectivity index (χ3n) is 3.94. The van der Waals surface area contributed by atoms with Gasteiger partial charge >= 0.3 is 0 Å². The topological polar surface area (TPSA) is 45.3 Å². The molecule has 0 bridgehead atoms. The molecule has 1 aromatic heterocycles. The van der Waals surface area contributed by atoms with Gasteiger partial charge in [-0.15, -0.1) is 0 Å². The van der Waals surface area contributed by atoms with Gasteiger partial charge in [0.05, 0.1) is 12.6 Å². The Hall–Kier alpha value is -2.30. The van der Waals surface area contributed by atoms with Crippen molar-refractivity contribution in [3.63, 3.8) is 0 Å². The molecule has 1 heterocycles. The minimum Gasteiger partial charge on any atom is -0.496 e. The van der Waals surface area contributed by atoms with E-state index in [4.69, 9.17) is 16.3 Å². The second-order valence-corrected chi connectivity index (χ2v) is 6.39. The van der Waals surface area contributed by atoms with E-state index in [0.29, 0.717) is 16.1 Å². The van der Waals surface area contributed by atoms with Crippen LogP contribution in [0.5, 0.6) is 5.75 Å². The summed E-state index contributed by atoms with van der Waals surface area (Å²) in [4.78, 5) is 18.2. The van der Waals surface area contributed by atoms with Crippen LogP contribution in [0.2, 0.25) is 5.02 Å². The van der Waals surface area contributed by atoms with Crippen molar-refractivity contribution >= 4 is 28.3 Å². The number of rotatable bonds is 5. The fraction of sp³-hybridized carbons (Fsp3) is 0.211. The first-order valence-electron chi connectivity index (χ1n) is 7.63. The van der Waals surface area contributed by atoms with Crippen molar-refractivity contribution < 1.29 is 9.53 Å². The average molecular weight is 343 g/mol. The summed E-state index contributed by atoms with van der Waals surface area (Å²) < 4.78 is 5.50. The lowest BCUT2D eigenvalue weighted by Gasteiger charge is -2.11. The zero-order chi connectivity index (χ0) is 17.3. The molecule has 0 saturated heterocycles. The third kappa shape index (κ3) is 3.03. The van der Waals surface area contributed by atoms with E-state index in [9.17, 15) is 4.79 Å². The van der Waals surface area contributed by atoms with Crippen LogP contribution in [0.1, 0.15) is 21.5 Å². The molecule has 0 amide bonds. The largest absolute Gasteiger partial charge is 0.496 e. The van der Waals surface area contributed by atoms with Gasteiger partial charge in [0.15, 0.2) is 5.78 Å². The van der Waals surface area contributed by atoms with Crippen LogP contribution >= 0.6 is 11.6 Å². The number of methoxy groups -OCH3 is 1. The van der Waals surface area contributed by atoms with Gasteiger partial charge in [-0.2, -0.15) is 0 Å². The number of fused-ring (bicyclic) bond motifs is 1. The molecule has 124 valence electrons. The van der Waals surface area contributed by atoms with Gasteiger partial charge < -0.3 is 14.6 Å². The molecule has 24 heavy (non-hydrogen) atoms. The summed E-state index contributed by atoms with van der Waals surface area (Å²) in [6, 6.07) is 10.6. The number of halogens is 1. The first-order chi connectivity index (χ1) is 11.5. The molecular weight excluding hydrogens is 324 g/mol. The number of aromatic amines is 1. The van der Waals surface area contributed by atoms with Crippen molar-refractivity contribution in [2.75, 3.05) is 21.2 Å². The Morgan fingerprint density at radius 2 is 1.88 bits per heavy atom. The second-order valence-electron chi connectivity index (χ2n) is 5.95. The minimum absolute atomic E-state index is 0.0439. The van der Waals surface area contributed by atoms with Gasteiger partial charge in [0.25, 0.3) is 0 Å². The summed E-state index contributed by atoms with van der Waals surface area (Å²) in [5.41, 5.74) is 3.12. The number of aromatic nitrogens is 1. The van der Waals surface area contributed by atoms with E-state index in [-0.39, 0.29) is 5.78 Å². The molecule has 0 aliphatic heterocycles. The van der Waals surface area contributed by atoms with Gasteiger partial charge in [-0.25, -0.2) is 0 Å². The number of hydrogen-bond acceptors (Lipinski definition) is 3. The van der Waals surface area contributed by atoms with Gasteiger partial charge in [0.2, 0.25) is 0 Å². The number of carbonyl (C=O) groups excluding carboxylic acids is 1. The number of H-pyrrole nitrogens is 1. The Bertz CT molecular complexity index is 882. The lowest BCUT2D eigenvalue weighted by molar-refractivity contribution is 0.104. The lowest BCUT2D eigenvalue weighted by atomic mass is 9.99. The number of nitrogens with zero attached hydrogens (tertiary/aromatic N) is 1. The molecule has 0 aliphatic carbocycles. The van der Waals surface area contributed by atoms with E-state index in [1.54, 1.807) is 37.4 Å². The van der Waals surface area contributed by atoms with E-state index >= 15 is 0 Å². The zero-order valence-corrected chi connectivity index (χ0v) is 14.6. The molecule has 0 radical (unpaired) electrons. The summed E-state index contributed by atoms with van der Waals surface area (Å²) in [5, 5.41) is 1.56. The number of hydrogen-bond donors (Lipinski definition) is 1. The van der Waals surface area contributed by atoms with Crippen LogP contribution in [0.4, 0.5) is 0 Å². The third-order valence-corrected chi connectivity index (χ3v) is 4.19. The summed E-state index contributed by atoms with van der Waals surface area (Å²) in [6.45, 7) is 0.759. The van der Waals surface area contributed by atoms with E-state index in [0.717, 1.165) is 28.8 Å². The van der Waals surface area contributed by atoms with Crippen molar-refractivity contribution in [1.29, 1.82) is 0 Å². The molecule has 1 N–H and O–H groups in total. The first-order valence-corrected chi connectivity index (χ1v) is 8.01. The van der Waals surface area contributed by atoms with Crippen molar-refractivity contribution in [2.45, 2.75) is 6.54 Å². The standard InChI is InChI=1S/C19H19ClN2O2/c1-22(2)11-13-10-21-18-15(8-9-16(24-3)17(13)18)19(23)12-4-6-14(20)7-5-12/h4-10,21H,11H2,1-3H3. The predicted octanol–water partition coefficient (Wildman–Crippen LogP) is 4.12. The molecule has 0 unspecified atom stereocenters. The molecule has 4 nitrogen and oxygen atoms in total. The fourth-order valence-electron chi connectivity index (χ4n) is 2.87. The Balaban J connectivity index is 2.14.